The standard InChI is InChI=1S/C20H23N3O2/c1-22(2)19(24)18-13-8-14-23(18)20(25)21-17-12-7-6-11-16(17)15-9-4-3-5-10-15/h3-7,9-12,18H,8,13-14H2,1-2H3,(H,21,25)/t18-/m1/s1. The molecule has 3 amide bonds. The van der Waals surface area contributed by atoms with Crippen LogP contribution in [0, 0.1) is 0 Å². The quantitative estimate of drug-likeness (QED) is 0.933. The van der Waals surface area contributed by atoms with E-state index in [0.29, 0.717) is 13.0 Å². The topological polar surface area (TPSA) is 52.7 Å². The van der Waals surface area contributed by atoms with Crippen molar-refractivity contribution < 1.29 is 9.59 Å². The van der Waals surface area contributed by atoms with E-state index in [2.05, 4.69) is 5.32 Å². The van der Waals surface area contributed by atoms with Crippen LogP contribution in [0.1, 0.15) is 12.8 Å². The molecule has 3 rings (SSSR count). The van der Waals surface area contributed by atoms with Crippen LogP contribution >= 0.6 is 0 Å². The molecule has 0 saturated carbocycles. The molecule has 25 heavy (non-hydrogen) atoms. The Morgan fingerprint density at radius 1 is 1.04 bits per heavy atom. The Kier molecular flexibility index (Phi) is 5.03. The second-order valence-electron chi connectivity index (χ2n) is 6.43. The van der Waals surface area contributed by atoms with E-state index in [-0.39, 0.29) is 18.0 Å². The van der Waals surface area contributed by atoms with Crippen LogP contribution in [0.4, 0.5) is 10.5 Å². The predicted molar refractivity (Wildman–Crippen MR) is 99.3 cm³/mol. The Hall–Kier alpha value is -2.82. The third kappa shape index (κ3) is 3.65. The zero-order valence-corrected chi connectivity index (χ0v) is 14.6. The van der Waals surface area contributed by atoms with E-state index >= 15 is 0 Å². The summed E-state index contributed by atoms with van der Waals surface area (Å²) in [5.74, 6) is -0.0241. The number of nitrogens with one attached hydrogen (secondary N) is 1. The Labute approximate surface area is 148 Å². The number of para-hydroxylation sites is 1. The van der Waals surface area contributed by atoms with Gasteiger partial charge < -0.3 is 15.1 Å². The van der Waals surface area contributed by atoms with Gasteiger partial charge in [-0.05, 0) is 24.5 Å². The maximum Gasteiger partial charge on any atom is 0.322 e. The van der Waals surface area contributed by atoms with Gasteiger partial charge in [0.1, 0.15) is 6.04 Å². The zero-order valence-electron chi connectivity index (χ0n) is 14.6. The van der Waals surface area contributed by atoms with Gasteiger partial charge in [0.2, 0.25) is 5.91 Å². The van der Waals surface area contributed by atoms with Gasteiger partial charge >= 0.3 is 6.03 Å². The summed E-state index contributed by atoms with van der Waals surface area (Å²) in [4.78, 5) is 28.3. The van der Waals surface area contributed by atoms with Crippen molar-refractivity contribution in [3.63, 3.8) is 0 Å². The van der Waals surface area contributed by atoms with Gasteiger partial charge in [0, 0.05) is 26.2 Å². The minimum Gasteiger partial charge on any atom is -0.347 e. The predicted octanol–water partition coefficient (Wildman–Crippen LogP) is 3.44. The fourth-order valence-corrected chi connectivity index (χ4v) is 3.21. The molecule has 0 spiro atoms. The van der Waals surface area contributed by atoms with Gasteiger partial charge in [0.25, 0.3) is 0 Å². The third-order valence-corrected chi connectivity index (χ3v) is 4.49. The summed E-state index contributed by atoms with van der Waals surface area (Å²) in [6.45, 7) is 0.601. The molecule has 0 aliphatic carbocycles. The molecule has 1 atom stereocenters. The van der Waals surface area contributed by atoms with Crippen LogP contribution in [0.5, 0.6) is 0 Å². The van der Waals surface area contributed by atoms with Crippen molar-refractivity contribution in [2.45, 2.75) is 18.9 Å². The van der Waals surface area contributed by atoms with Crippen molar-refractivity contribution in [3.8, 4) is 11.1 Å². The highest BCUT2D eigenvalue weighted by atomic mass is 16.2. The first-order chi connectivity index (χ1) is 12.1. The van der Waals surface area contributed by atoms with Crippen LogP contribution in [0.2, 0.25) is 0 Å². The summed E-state index contributed by atoms with van der Waals surface area (Å²) >= 11 is 0. The Bertz CT molecular complexity index is 759. The highest BCUT2D eigenvalue weighted by Crippen LogP contribution is 2.28. The van der Waals surface area contributed by atoms with Crippen molar-refractivity contribution in [2.75, 3.05) is 26.0 Å². The molecule has 5 heteroatoms. The number of amides is 3. The number of nitrogens with zero attached hydrogens (tertiary/aromatic N) is 2. The van der Waals surface area contributed by atoms with Crippen LogP contribution < -0.4 is 5.32 Å². The summed E-state index contributed by atoms with van der Waals surface area (Å²) in [5.41, 5.74) is 2.76. The maximum atomic E-state index is 12.8. The van der Waals surface area contributed by atoms with Crippen LogP contribution in [-0.2, 0) is 4.79 Å². The van der Waals surface area contributed by atoms with Gasteiger partial charge in [-0.2, -0.15) is 0 Å². The summed E-state index contributed by atoms with van der Waals surface area (Å²) < 4.78 is 0. The zero-order chi connectivity index (χ0) is 17.8. The molecule has 2 aromatic carbocycles. The van der Waals surface area contributed by atoms with Crippen molar-refractivity contribution >= 4 is 17.6 Å². The van der Waals surface area contributed by atoms with Gasteiger partial charge in [-0.3, -0.25) is 4.79 Å². The monoisotopic (exact) mass is 337 g/mol. The molecule has 2 aromatic rings. The van der Waals surface area contributed by atoms with Gasteiger partial charge in [-0.15, -0.1) is 0 Å². The third-order valence-electron chi connectivity index (χ3n) is 4.49. The molecule has 0 bridgehead atoms. The van der Waals surface area contributed by atoms with E-state index in [1.54, 1.807) is 23.9 Å². The second-order valence-corrected chi connectivity index (χ2v) is 6.43. The molecule has 0 radical (unpaired) electrons. The molecule has 1 heterocycles. The number of benzene rings is 2. The molecule has 1 saturated heterocycles. The fraction of sp³-hybridized carbons (Fsp3) is 0.300. The Morgan fingerprint density at radius 2 is 1.72 bits per heavy atom. The first-order valence-corrected chi connectivity index (χ1v) is 8.51. The number of rotatable bonds is 3. The van der Waals surface area contributed by atoms with Gasteiger partial charge in [0.15, 0.2) is 0 Å². The summed E-state index contributed by atoms with van der Waals surface area (Å²) in [5, 5.41) is 2.99. The van der Waals surface area contributed by atoms with Gasteiger partial charge in [0.05, 0.1) is 5.69 Å². The molecule has 1 N–H and O–H groups in total. The second kappa shape index (κ2) is 7.38. The van der Waals surface area contributed by atoms with E-state index < -0.39 is 0 Å². The summed E-state index contributed by atoms with van der Waals surface area (Å²) in [6, 6.07) is 17.1. The molecular weight excluding hydrogens is 314 g/mol. The first-order valence-electron chi connectivity index (χ1n) is 8.51. The van der Waals surface area contributed by atoms with E-state index in [9.17, 15) is 9.59 Å². The molecule has 1 fully saturated rings. The summed E-state index contributed by atoms with van der Waals surface area (Å²) in [6.07, 6.45) is 1.56. The molecule has 0 aromatic heterocycles. The van der Waals surface area contributed by atoms with Crippen molar-refractivity contribution in [3.05, 3.63) is 54.6 Å². The van der Waals surface area contributed by atoms with E-state index in [4.69, 9.17) is 0 Å². The largest absolute Gasteiger partial charge is 0.347 e. The minimum atomic E-state index is -0.376. The smallest absolute Gasteiger partial charge is 0.322 e. The number of hydrogen-bond donors (Lipinski definition) is 1. The average Bonchev–Trinajstić information content (AvgIpc) is 3.12. The van der Waals surface area contributed by atoms with Crippen molar-refractivity contribution in [1.29, 1.82) is 0 Å². The number of likely N-dealkylation sites (N-methyl/N-ethyl adjacent to an activating group) is 1. The maximum absolute atomic E-state index is 12.8. The van der Waals surface area contributed by atoms with Crippen LogP contribution in [0.25, 0.3) is 11.1 Å². The normalized spacial score (nSPS) is 16.6. The van der Waals surface area contributed by atoms with E-state index in [1.165, 1.54) is 0 Å². The lowest BCUT2D eigenvalue weighted by Crippen LogP contribution is -2.47. The molecule has 5 nitrogen and oxygen atoms in total. The first kappa shape index (κ1) is 17.0. The Morgan fingerprint density at radius 3 is 2.44 bits per heavy atom. The van der Waals surface area contributed by atoms with E-state index in [0.717, 1.165) is 23.2 Å². The lowest BCUT2D eigenvalue weighted by molar-refractivity contribution is -0.132. The van der Waals surface area contributed by atoms with Crippen molar-refractivity contribution in [2.24, 2.45) is 0 Å². The Balaban J connectivity index is 1.81. The van der Waals surface area contributed by atoms with Crippen molar-refractivity contribution in [1.82, 2.24) is 9.80 Å². The molecule has 1 aliphatic rings. The number of urea groups is 1. The molecular formula is C20H23N3O2. The van der Waals surface area contributed by atoms with Crippen LogP contribution in [0.15, 0.2) is 54.6 Å². The number of hydrogen-bond acceptors (Lipinski definition) is 2. The lowest BCUT2D eigenvalue weighted by atomic mass is 10.0. The van der Waals surface area contributed by atoms with Gasteiger partial charge in [-0.1, -0.05) is 48.5 Å². The highest BCUT2D eigenvalue weighted by molar-refractivity contribution is 5.97. The average molecular weight is 337 g/mol. The number of carbonyl (C=O) groups is 2. The number of likely N-dealkylation sites (tertiary alicyclic amines) is 1. The summed E-state index contributed by atoms with van der Waals surface area (Å²) in [7, 11) is 3.45. The highest BCUT2D eigenvalue weighted by Gasteiger charge is 2.35. The van der Waals surface area contributed by atoms with E-state index in [1.807, 2.05) is 54.6 Å². The van der Waals surface area contributed by atoms with Crippen LogP contribution in [-0.4, -0.2) is 48.4 Å². The van der Waals surface area contributed by atoms with Crippen LogP contribution in [0.3, 0.4) is 0 Å². The lowest BCUT2D eigenvalue weighted by Gasteiger charge is -2.26. The van der Waals surface area contributed by atoms with Gasteiger partial charge in [-0.25, -0.2) is 4.79 Å². The SMILES string of the molecule is CN(C)C(=O)[C@H]1CCCN1C(=O)Nc1ccccc1-c1ccccc1. The number of carbonyl (C=O) groups excluding carboxylic acids is 2. The number of anilines is 1. The molecule has 1 aliphatic heterocycles. The molecule has 0 unspecified atom stereocenters. The molecule has 130 valence electrons. The minimum absolute atomic E-state index is 0.0241. The fourth-order valence-electron chi connectivity index (χ4n) is 3.21.